The fraction of sp³-hybridized carbons (Fsp3) is 0.500. The van der Waals surface area contributed by atoms with Crippen LogP contribution in [0, 0.1) is 0 Å². The lowest BCUT2D eigenvalue weighted by molar-refractivity contribution is 0.244. The molecular formula is C8H14O. The molecule has 0 aliphatic rings. The average molecular weight is 126 g/mol. The van der Waals surface area contributed by atoms with Crippen molar-refractivity contribution in [2.75, 3.05) is 0 Å². The van der Waals surface area contributed by atoms with E-state index in [0.717, 1.165) is 6.42 Å². The molecule has 0 aromatic rings. The Kier molecular flexibility index (Phi) is 5.23. The van der Waals surface area contributed by atoms with Crippen molar-refractivity contribution in [3.63, 3.8) is 0 Å². The predicted octanol–water partition coefficient (Wildman–Crippen LogP) is 1.89. The van der Waals surface area contributed by atoms with Crippen molar-refractivity contribution in [3.8, 4) is 0 Å². The first-order chi connectivity index (χ1) is 4.27. The molecule has 9 heavy (non-hydrogen) atoms. The summed E-state index contributed by atoms with van der Waals surface area (Å²) in [7, 11) is 0. The van der Waals surface area contributed by atoms with Crippen LogP contribution in [0.4, 0.5) is 0 Å². The van der Waals surface area contributed by atoms with Gasteiger partial charge in [-0.1, -0.05) is 31.2 Å². The lowest BCUT2D eigenvalue weighted by Crippen LogP contribution is -1.90. The van der Waals surface area contributed by atoms with Crippen molar-refractivity contribution in [3.05, 3.63) is 24.3 Å². The first kappa shape index (κ1) is 8.44. The molecule has 0 aromatic carbocycles. The Labute approximate surface area is 56.7 Å². The quantitative estimate of drug-likeness (QED) is 0.572. The Morgan fingerprint density at radius 2 is 2.11 bits per heavy atom. The second-order valence-electron chi connectivity index (χ2n) is 1.96. The smallest absolute Gasteiger partial charge is 0.0695 e. The number of aliphatic hydroxyl groups excluding tert-OH is 1. The summed E-state index contributed by atoms with van der Waals surface area (Å²) >= 11 is 0. The number of aliphatic hydroxyl groups is 1. The third kappa shape index (κ3) is 7.44. The van der Waals surface area contributed by atoms with E-state index < -0.39 is 0 Å². The van der Waals surface area contributed by atoms with E-state index in [1.165, 1.54) is 0 Å². The third-order valence-electron chi connectivity index (χ3n) is 0.873. The molecule has 1 heteroatoms. The van der Waals surface area contributed by atoms with Gasteiger partial charge in [-0.25, -0.2) is 0 Å². The molecule has 0 aromatic heterocycles. The fourth-order valence-electron chi connectivity index (χ4n) is 0.440. The van der Waals surface area contributed by atoms with Crippen molar-refractivity contribution < 1.29 is 5.11 Å². The van der Waals surface area contributed by atoms with E-state index in [-0.39, 0.29) is 6.10 Å². The summed E-state index contributed by atoms with van der Waals surface area (Å²) in [4.78, 5) is 0. The fourth-order valence-corrected chi connectivity index (χ4v) is 0.440. The minimum atomic E-state index is -0.327. The van der Waals surface area contributed by atoms with Gasteiger partial charge < -0.3 is 5.11 Å². The van der Waals surface area contributed by atoms with Crippen LogP contribution in [0.25, 0.3) is 0 Å². The van der Waals surface area contributed by atoms with Crippen LogP contribution in [0.1, 0.15) is 20.3 Å². The molecule has 0 heterocycles. The summed E-state index contributed by atoms with van der Waals surface area (Å²) < 4.78 is 0. The lowest BCUT2D eigenvalue weighted by Gasteiger charge is -1.88. The Balaban J connectivity index is 3.35. The monoisotopic (exact) mass is 126 g/mol. The Morgan fingerprint density at radius 3 is 2.56 bits per heavy atom. The highest BCUT2D eigenvalue weighted by atomic mass is 16.3. The van der Waals surface area contributed by atoms with Gasteiger partial charge in [0.2, 0.25) is 0 Å². The van der Waals surface area contributed by atoms with Crippen LogP contribution in [-0.2, 0) is 0 Å². The third-order valence-corrected chi connectivity index (χ3v) is 0.873. The van der Waals surface area contributed by atoms with Crippen molar-refractivity contribution in [2.45, 2.75) is 26.4 Å². The predicted molar refractivity (Wildman–Crippen MR) is 40.3 cm³/mol. The molecule has 0 aliphatic carbocycles. The van der Waals surface area contributed by atoms with E-state index in [1.54, 1.807) is 13.0 Å². The van der Waals surface area contributed by atoms with E-state index in [9.17, 15) is 0 Å². The van der Waals surface area contributed by atoms with Gasteiger partial charge in [-0.15, -0.1) is 0 Å². The van der Waals surface area contributed by atoms with Crippen molar-refractivity contribution in [1.29, 1.82) is 0 Å². The normalized spacial score (nSPS) is 15.4. The molecule has 0 saturated heterocycles. The Morgan fingerprint density at radius 1 is 1.44 bits per heavy atom. The zero-order chi connectivity index (χ0) is 7.11. The van der Waals surface area contributed by atoms with Crippen LogP contribution in [0.5, 0.6) is 0 Å². The number of hydrogen-bond acceptors (Lipinski definition) is 1. The summed E-state index contributed by atoms with van der Waals surface area (Å²) in [6.45, 7) is 3.81. The number of rotatable bonds is 3. The maximum atomic E-state index is 8.73. The highest BCUT2D eigenvalue weighted by Crippen LogP contribution is 1.85. The van der Waals surface area contributed by atoms with Crippen LogP contribution < -0.4 is 0 Å². The maximum absolute atomic E-state index is 8.73. The Bertz CT molecular complexity index is 101. The standard InChI is InChI=1S/C8H14O/c1-3-4-5-6-7-8(2)9/h4-9H,3H2,1-2H3/b5-4+,7-6+. The molecule has 0 rings (SSSR count). The molecule has 1 N–H and O–H groups in total. The zero-order valence-electron chi connectivity index (χ0n) is 6.04. The lowest BCUT2D eigenvalue weighted by atomic mass is 10.3. The molecule has 0 bridgehead atoms. The molecule has 0 amide bonds. The SMILES string of the molecule is CC/C=C/C=C/C(C)O. The summed E-state index contributed by atoms with van der Waals surface area (Å²) in [5.74, 6) is 0. The highest BCUT2D eigenvalue weighted by molar-refractivity contribution is 5.03. The minimum Gasteiger partial charge on any atom is -0.389 e. The van der Waals surface area contributed by atoms with Crippen molar-refractivity contribution >= 4 is 0 Å². The van der Waals surface area contributed by atoms with Gasteiger partial charge in [0.15, 0.2) is 0 Å². The van der Waals surface area contributed by atoms with E-state index in [0.29, 0.717) is 0 Å². The van der Waals surface area contributed by atoms with Crippen LogP contribution in [0.15, 0.2) is 24.3 Å². The summed E-state index contributed by atoms with van der Waals surface area (Å²) in [6, 6.07) is 0. The van der Waals surface area contributed by atoms with Crippen LogP contribution in [-0.4, -0.2) is 11.2 Å². The van der Waals surface area contributed by atoms with Crippen molar-refractivity contribution in [1.82, 2.24) is 0 Å². The molecular weight excluding hydrogens is 112 g/mol. The number of allylic oxidation sites excluding steroid dienone is 3. The molecule has 0 aliphatic heterocycles. The van der Waals surface area contributed by atoms with Gasteiger partial charge in [0.1, 0.15) is 0 Å². The van der Waals surface area contributed by atoms with E-state index in [1.807, 2.05) is 18.2 Å². The van der Waals surface area contributed by atoms with Gasteiger partial charge in [-0.3, -0.25) is 0 Å². The Hall–Kier alpha value is -0.560. The average Bonchev–Trinajstić information content (AvgIpc) is 1.80. The van der Waals surface area contributed by atoms with E-state index >= 15 is 0 Å². The largest absolute Gasteiger partial charge is 0.389 e. The second-order valence-corrected chi connectivity index (χ2v) is 1.96. The maximum Gasteiger partial charge on any atom is 0.0695 e. The molecule has 0 fully saturated rings. The van der Waals surface area contributed by atoms with Gasteiger partial charge in [-0.05, 0) is 13.3 Å². The van der Waals surface area contributed by atoms with E-state index in [2.05, 4.69) is 6.92 Å². The van der Waals surface area contributed by atoms with Gasteiger partial charge in [0.05, 0.1) is 6.10 Å². The van der Waals surface area contributed by atoms with Gasteiger partial charge in [0, 0.05) is 0 Å². The topological polar surface area (TPSA) is 20.2 Å². The second kappa shape index (κ2) is 5.57. The molecule has 1 atom stereocenters. The molecule has 1 unspecified atom stereocenters. The van der Waals surface area contributed by atoms with Gasteiger partial charge in [0.25, 0.3) is 0 Å². The molecule has 0 saturated carbocycles. The van der Waals surface area contributed by atoms with Crippen LogP contribution in [0.3, 0.4) is 0 Å². The van der Waals surface area contributed by atoms with E-state index in [4.69, 9.17) is 5.11 Å². The van der Waals surface area contributed by atoms with Crippen molar-refractivity contribution in [2.24, 2.45) is 0 Å². The van der Waals surface area contributed by atoms with Crippen LogP contribution >= 0.6 is 0 Å². The molecule has 52 valence electrons. The first-order valence-corrected chi connectivity index (χ1v) is 3.28. The van der Waals surface area contributed by atoms with Gasteiger partial charge in [-0.2, -0.15) is 0 Å². The minimum absolute atomic E-state index is 0.327. The van der Waals surface area contributed by atoms with Crippen LogP contribution in [0.2, 0.25) is 0 Å². The zero-order valence-corrected chi connectivity index (χ0v) is 6.04. The summed E-state index contributed by atoms with van der Waals surface area (Å²) in [5, 5.41) is 8.73. The summed E-state index contributed by atoms with van der Waals surface area (Å²) in [5.41, 5.74) is 0. The highest BCUT2D eigenvalue weighted by Gasteiger charge is 1.79. The molecule has 0 radical (unpaired) electrons. The molecule has 1 nitrogen and oxygen atoms in total. The first-order valence-electron chi connectivity index (χ1n) is 3.28. The van der Waals surface area contributed by atoms with Gasteiger partial charge >= 0.3 is 0 Å². The molecule has 0 spiro atoms. The number of hydrogen-bond donors (Lipinski definition) is 1. The summed E-state index contributed by atoms with van der Waals surface area (Å²) in [6.07, 6.45) is 8.29.